The van der Waals surface area contributed by atoms with Crippen LogP contribution >= 0.6 is 0 Å². The Labute approximate surface area is 91.4 Å². The lowest BCUT2D eigenvalue weighted by atomic mass is 10.2. The zero-order valence-electron chi connectivity index (χ0n) is 8.20. The average Bonchev–Trinajstić information content (AvgIpc) is 2.31. The molecule has 1 aromatic heterocycles. The maximum atomic E-state index is 10.6. The Morgan fingerprint density at radius 3 is 2.25 bits per heavy atom. The van der Waals surface area contributed by atoms with Gasteiger partial charge >= 0.3 is 5.97 Å². The minimum Gasteiger partial charge on any atom is -0.478 e. The molecule has 16 heavy (non-hydrogen) atoms. The summed E-state index contributed by atoms with van der Waals surface area (Å²) in [6, 6.07) is 6.11. The first-order valence-electron chi connectivity index (χ1n) is 4.52. The fourth-order valence-electron chi connectivity index (χ4n) is 1.14. The molecule has 1 heterocycles. The topological polar surface area (TPSA) is 72.3 Å². The molecule has 0 radical (unpaired) electrons. The van der Waals surface area contributed by atoms with Gasteiger partial charge in [0.2, 0.25) is 0 Å². The molecule has 0 fully saturated rings. The lowest BCUT2D eigenvalue weighted by Crippen LogP contribution is -1.95. The molecule has 5 nitrogen and oxygen atoms in total. The van der Waals surface area contributed by atoms with Gasteiger partial charge in [-0.2, -0.15) is 0 Å². The van der Waals surface area contributed by atoms with E-state index in [-0.39, 0.29) is 5.56 Å². The van der Waals surface area contributed by atoms with Gasteiger partial charge in [-0.3, -0.25) is 0 Å². The molecule has 1 N–H and O–H groups in total. The molecule has 0 atom stereocenters. The van der Waals surface area contributed by atoms with E-state index in [2.05, 4.69) is 9.97 Å². The molecule has 1 aromatic carbocycles. The van der Waals surface area contributed by atoms with Gasteiger partial charge in [-0.15, -0.1) is 0 Å². The predicted molar refractivity (Wildman–Crippen MR) is 55.5 cm³/mol. The summed E-state index contributed by atoms with van der Waals surface area (Å²) in [5.41, 5.74) is 0.219. The molecule has 0 unspecified atom stereocenters. The molecule has 0 aliphatic rings. The summed E-state index contributed by atoms with van der Waals surface area (Å²) in [5.74, 6) is 0.0833. The lowest BCUT2D eigenvalue weighted by molar-refractivity contribution is 0.0697. The molecule has 0 spiro atoms. The van der Waals surface area contributed by atoms with Crippen LogP contribution in [0, 0.1) is 0 Å². The summed E-state index contributed by atoms with van der Waals surface area (Å²) in [5, 5.41) is 8.70. The third-order valence-corrected chi connectivity index (χ3v) is 1.87. The van der Waals surface area contributed by atoms with E-state index in [9.17, 15) is 4.79 Å². The standard InChI is InChI=1S/C11H8N2O3/c14-11(15)8-1-3-9(4-2-8)16-10-5-12-7-13-6-10/h1-7H,(H,14,15). The van der Waals surface area contributed by atoms with Gasteiger partial charge in [-0.25, -0.2) is 14.8 Å². The highest BCUT2D eigenvalue weighted by Crippen LogP contribution is 2.19. The van der Waals surface area contributed by atoms with Crippen LogP contribution in [0.4, 0.5) is 0 Å². The monoisotopic (exact) mass is 216 g/mol. The van der Waals surface area contributed by atoms with Crippen molar-refractivity contribution >= 4 is 5.97 Å². The Bertz CT molecular complexity index is 482. The van der Waals surface area contributed by atoms with Crippen molar-refractivity contribution in [2.75, 3.05) is 0 Å². The number of nitrogens with zero attached hydrogens (tertiary/aromatic N) is 2. The maximum absolute atomic E-state index is 10.6. The van der Waals surface area contributed by atoms with Crippen LogP contribution in [0.25, 0.3) is 0 Å². The van der Waals surface area contributed by atoms with Crippen LogP contribution in [-0.2, 0) is 0 Å². The van der Waals surface area contributed by atoms with Crippen LogP contribution in [0.2, 0.25) is 0 Å². The van der Waals surface area contributed by atoms with E-state index in [4.69, 9.17) is 9.84 Å². The first-order chi connectivity index (χ1) is 7.75. The van der Waals surface area contributed by atoms with Crippen molar-refractivity contribution in [3.63, 3.8) is 0 Å². The molecule has 0 aliphatic carbocycles. The minimum atomic E-state index is -0.963. The first kappa shape index (κ1) is 10.1. The number of carboxylic acid groups (broad SMARTS) is 1. The fourth-order valence-corrected chi connectivity index (χ4v) is 1.14. The Morgan fingerprint density at radius 1 is 1.06 bits per heavy atom. The van der Waals surface area contributed by atoms with Gasteiger partial charge in [0.05, 0.1) is 18.0 Å². The van der Waals surface area contributed by atoms with Crippen LogP contribution < -0.4 is 4.74 Å². The Hall–Kier alpha value is -2.43. The van der Waals surface area contributed by atoms with Gasteiger partial charge in [0.15, 0.2) is 5.75 Å². The second-order valence-corrected chi connectivity index (χ2v) is 3.01. The highest BCUT2D eigenvalue weighted by atomic mass is 16.5. The molecule has 5 heteroatoms. The summed E-state index contributed by atoms with van der Waals surface area (Å²) >= 11 is 0. The largest absolute Gasteiger partial charge is 0.478 e. The number of hydrogen-bond donors (Lipinski definition) is 1. The molecule has 0 bridgehead atoms. The van der Waals surface area contributed by atoms with E-state index in [1.54, 1.807) is 12.1 Å². The molecule has 80 valence electrons. The zero-order chi connectivity index (χ0) is 11.4. The van der Waals surface area contributed by atoms with Crippen LogP contribution in [0.15, 0.2) is 43.0 Å². The van der Waals surface area contributed by atoms with Crippen LogP contribution in [0.5, 0.6) is 11.5 Å². The summed E-state index contributed by atoms with van der Waals surface area (Å²) in [6.45, 7) is 0. The van der Waals surface area contributed by atoms with Crippen molar-refractivity contribution in [3.8, 4) is 11.5 Å². The molecule has 2 aromatic rings. The van der Waals surface area contributed by atoms with Crippen molar-refractivity contribution in [2.45, 2.75) is 0 Å². The van der Waals surface area contributed by atoms with Gasteiger partial charge < -0.3 is 9.84 Å². The van der Waals surface area contributed by atoms with Crippen LogP contribution in [0.3, 0.4) is 0 Å². The molecular weight excluding hydrogens is 208 g/mol. The van der Waals surface area contributed by atoms with Crippen molar-refractivity contribution < 1.29 is 14.6 Å². The SMILES string of the molecule is O=C(O)c1ccc(Oc2cncnc2)cc1. The third-order valence-electron chi connectivity index (χ3n) is 1.87. The van der Waals surface area contributed by atoms with Gasteiger partial charge in [-0.05, 0) is 24.3 Å². The zero-order valence-corrected chi connectivity index (χ0v) is 8.20. The average molecular weight is 216 g/mol. The normalized spacial score (nSPS) is 9.75. The molecule has 0 saturated heterocycles. The number of hydrogen-bond acceptors (Lipinski definition) is 4. The summed E-state index contributed by atoms with van der Waals surface area (Å²) in [4.78, 5) is 18.2. The lowest BCUT2D eigenvalue weighted by Gasteiger charge is -2.04. The van der Waals surface area contributed by atoms with Gasteiger partial charge in [-0.1, -0.05) is 0 Å². The molecule has 0 aliphatic heterocycles. The third kappa shape index (κ3) is 2.33. The Balaban J connectivity index is 2.14. The van der Waals surface area contributed by atoms with Crippen LogP contribution in [-0.4, -0.2) is 21.0 Å². The number of benzene rings is 1. The number of aromatic carboxylic acids is 1. The number of carbonyl (C=O) groups is 1. The summed E-state index contributed by atoms with van der Waals surface area (Å²) in [6.07, 6.45) is 4.45. The van der Waals surface area contributed by atoms with Gasteiger partial charge in [0.1, 0.15) is 12.1 Å². The fraction of sp³-hybridized carbons (Fsp3) is 0. The molecule has 2 rings (SSSR count). The maximum Gasteiger partial charge on any atom is 0.335 e. The summed E-state index contributed by atoms with van der Waals surface area (Å²) < 4.78 is 5.40. The van der Waals surface area contributed by atoms with Crippen LogP contribution in [0.1, 0.15) is 10.4 Å². The van der Waals surface area contributed by atoms with E-state index >= 15 is 0 Å². The number of rotatable bonds is 3. The highest BCUT2D eigenvalue weighted by molar-refractivity contribution is 5.87. The highest BCUT2D eigenvalue weighted by Gasteiger charge is 2.02. The van der Waals surface area contributed by atoms with E-state index in [0.29, 0.717) is 11.5 Å². The summed E-state index contributed by atoms with van der Waals surface area (Å²) in [7, 11) is 0. The quantitative estimate of drug-likeness (QED) is 0.849. The van der Waals surface area contributed by atoms with Gasteiger partial charge in [0.25, 0.3) is 0 Å². The number of carboxylic acids is 1. The number of ether oxygens (including phenoxy) is 1. The van der Waals surface area contributed by atoms with Crippen molar-refractivity contribution in [3.05, 3.63) is 48.5 Å². The molecule has 0 amide bonds. The minimum absolute atomic E-state index is 0.219. The Kier molecular flexibility index (Phi) is 2.77. The second-order valence-electron chi connectivity index (χ2n) is 3.01. The predicted octanol–water partition coefficient (Wildman–Crippen LogP) is 1.97. The molecule has 0 saturated carbocycles. The second kappa shape index (κ2) is 4.39. The van der Waals surface area contributed by atoms with E-state index in [1.165, 1.54) is 30.9 Å². The van der Waals surface area contributed by atoms with Crippen molar-refractivity contribution in [2.24, 2.45) is 0 Å². The number of aromatic nitrogens is 2. The van der Waals surface area contributed by atoms with Crippen molar-refractivity contribution in [1.29, 1.82) is 0 Å². The smallest absolute Gasteiger partial charge is 0.335 e. The van der Waals surface area contributed by atoms with E-state index in [0.717, 1.165) is 0 Å². The van der Waals surface area contributed by atoms with Gasteiger partial charge in [0, 0.05) is 0 Å². The Morgan fingerprint density at radius 2 is 1.69 bits per heavy atom. The molecular formula is C11H8N2O3. The van der Waals surface area contributed by atoms with E-state index < -0.39 is 5.97 Å². The van der Waals surface area contributed by atoms with E-state index in [1.807, 2.05) is 0 Å². The first-order valence-corrected chi connectivity index (χ1v) is 4.52. The van der Waals surface area contributed by atoms with Crippen molar-refractivity contribution in [1.82, 2.24) is 9.97 Å².